The van der Waals surface area contributed by atoms with Crippen molar-refractivity contribution in [2.45, 2.75) is 57.7 Å². The average molecular weight is 295 g/mol. The molecule has 1 aromatic rings. The number of rotatable bonds is 3. The Hall–Kier alpha value is -0.650. The summed E-state index contributed by atoms with van der Waals surface area (Å²) in [5.41, 5.74) is 1.30. The van der Waals surface area contributed by atoms with Crippen LogP contribution < -0.4 is 10.2 Å². The predicted molar refractivity (Wildman–Crippen MR) is 83.7 cm³/mol. The van der Waals surface area contributed by atoms with Crippen molar-refractivity contribution in [3.05, 3.63) is 10.6 Å². The summed E-state index contributed by atoms with van der Waals surface area (Å²) in [5, 5.41) is 4.62. The first kappa shape index (κ1) is 14.3. The minimum absolute atomic E-state index is 0.304. The Bertz CT molecular complexity index is 462. The highest BCUT2D eigenvalue weighted by Gasteiger charge is 2.30. The molecule has 4 nitrogen and oxygen atoms in total. The second kappa shape index (κ2) is 6.00. The smallest absolute Gasteiger partial charge is 0.186 e. The molecule has 1 aliphatic carbocycles. The van der Waals surface area contributed by atoms with E-state index >= 15 is 0 Å². The van der Waals surface area contributed by atoms with E-state index in [1.165, 1.54) is 35.0 Å². The predicted octanol–water partition coefficient (Wildman–Crippen LogP) is 2.74. The lowest BCUT2D eigenvalue weighted by molar-refractivity contribution is 0.0299. The molecule has 1 N–H and O–H groups in total. The first-order valence-corrected chi connectivity index (χ1v) is 8.59. The van der Waals surface area contributed by atoms with Crippen molar-refractivity contribution in [1.82, 2.24) is 10.3 Å². The summed E-state index contributed by atoms with van der Waals surface area (Å²) < 4.78 is 5.80. The normalized spacial score (nSPS) is 30.4. The Morgan fingerprint density at radius 3 is 3.10 bits per heavy atom. The molecule has 0 aromatic carbocycles. The number of fused-ring (bicyclic) bond motifs is 1. The Kier molecular flexibility index (Phi) is 4.29. The number of morpholine rings is 1. The van der Waals surface area contributed by atoms with Gasteiger partial charge in [0, 0.05) is 11.4 Å². The van der Waals surface area contributed by atoms with Crippen LogP contribution >= 0.6 is 11.3 Å². The minimum Gasteiger partial charge on any atom is -0.375 e. The maximum atomic E-state index is 5.80. The van der Waals surface area contributed by atoms with Crippen molar-refractivity contribution in [1.29, 1.82) is 0 Å². The van der Waals surface area contributed by atoms with Gasteiger partial charge in [-0.15, -0.1) is 11.3 Å². The molecule has 1 aromatic heterocycles. The van der Waals surface area contributed by atoms with Crippen LogP contribution in [0.1, 0.15) is 49.7 Å². The quantitative estimate of drug-likeness (QED) is 0.930. The van der Waals surface area contributed by atoms with E-state index in [1.807, 2.05) is 18.4 Å². The molecule has 3 unspecified atom stereocenters. The molecule has 0 spiro atoms. The summed E-state index contributed by atoms with van der Waals surface area (Å²) in [6.45, 7) is 6.19. The molecular weight excluding hydrogens is 270 g/mol. The molecule has 20 heavy (non-hydrogen) atoms. The van der Waals surface area contributed by atoms with Crippen molar-refractivity contribution in [2.75, 3.05) is 25.1 Å². The number of anilines is 1. The van der Waals surface area contributed by atoms with Crippen LogP contribution in [0.5, 0.6) is 0 Å². The van der Waals surface area contributed by atoms with Crippen LogP contribution in [0.4, 0.5) is 5.13 Å². The average Bonchev–Trinajstić information content (AvgIpc) is 2.90. The summed E-state index contributed by atoms with van der Waals surface area (Å²) in [6.07, 6.45) is 5.10. The molecule has 0 radical (unpaired) electrons. The zero-order chi connectivity index (χ0) is 14.1. The van der Waals surface area contributed by atoms with Crippen LogP contribution in [0.25, 0.3) is 0 Å². The van der Waals surface area contributed by atoms with Crippen molar-refractivity contribution in [3.63, 3.8) is 0 Å². The van der Waals surface area contributed by atoms with E-state index in [0.29, 0.717) is 18.2 Å². The van der Waals surface area contributed by atoms with Gasteiger partial charge in [0.2, 0.25) is 0 Å². The second-order valence-electron chi connectivity index (χ2n) is 5.90. The number of aromatic nitrogens is 1. The number of nitrogens with zero attached hydrogens (tertiary/aromatic N) is 2. The maximum Gasteiger partial charge on any atom is 0.186 e. The summed E-state index contributed by atoms with van der Waals surface area (Å²) in [6, 6.07) is 0.925. The fourth-order valence-corrected chi connectivity index (χ4v) is 4.47. The van der Waals surface area contributed by atoms with Crippen molar-refractivity contribution in [2.24, 2.45) is 0 Å². The number of hydrogen-bond acceptors (Lipinski definition) is 5. The minimum atomic E-state index is 0.304. The van der Waals surface area contributed by atoms with E-state index in [0.717, 1.165) is 19.6 Å². The lowest BCUT2D eigenvalue weighted by atomic mass is 9.98. The molecule has 0 saturated carbocycles. The van der Waals surface area contributed by atoms with Gasteiger partial charge in [0.25, 0.3) is 0 Å². The van der Waals surface area contributed by atoms with Gasteiger partial charge in [-0.05, 0) is 39.7 Å². The number of thiazole rings is 1. The van der Waals surface area contributed by atoms with E-state index in [9.17, 15) is 0 Å². The molecular formula is C15H25N3OS. The third-order valence-electron chi connectivity index (χ3n) is 4.48. The van der Waals surface area contributed by atoms with E-state index in [-0.39, 0.29) is 0 Å². The van der Waals surface area contributed by atoms with Gasteiger partial charge in [0.1, 0.15) is 0 Å². The number of ether oxygens (including phenoxy) is 1. The molecule has 3 atom stereocenters. The van der Waals surface area contributed by atoms with Gasteiger partial charge in [-0.2, -0.15) is 0 Å². The molecule has 2 heterocycles. The molecule has 5 heteroatoms. The molecule has 1 fully saturated rings. The third kappa shape index (κ3) is 2.59. The van der Waals surface area contributed by atoms with Gasteiger partial charge in [-0.3, -0.25) is 0 Å². The largest absolute Gasteiger partial charge is 0.375 e. The van der Waals surface area contributed by atoms with E-state index in [2.05, 4.69) is 24.1 Å². The fraction of sp³-hybridized carbons (Fsp3) is 0.800. The highest BCUT2D eigenvalue weighted by Crippen LogP contribution is 2.38. The van der Waals surface area contributed by atoms with Gasteiger partial charge >= 0.3 is 0 Å². The van der Waals surface area contributed by atoms with Crippen LogP contribution in [0.3, 0.4) is 0 Å². The maximum absolute atomic E-state index is 5.80. The first-order valence-electron chi connectivity index (χ1n) is 7.78. The molecule has 1 saturated heterocycles. The highest BCUT2D eigenvalue weighted by molar-refractivity contribution is 7.15. The second-order valence-corrected chi connectivity index (χ2v) is 6.96. The van der Waals surface area contributed by atoms with Gasteiger partial charge in [0.05, 0.1) is 30.5 Å². The van der Waals surface area contributed by atoms with Gasteiger partial charge < -0.3 is 15.0 Å². The Morgan fingerprint density at radius 2 is 2.35 bits per heavy atom. The zero-order valence-electron chi connectivity index (χ0n) is 12.7. The van der Waals surface area contributed by atoms with Crippen LogP contribution in [-0.4, -0.2) is 37.3 Å². The first-order chi connectivity index (χ1) is 9.72. The summed E-state index contributed by atoms with van der Waals surface area (Å²) in [4.78, 5) is 8.95. The van der Waals surface area contributed by atoms with Crippen molar-refractivity contribution >= 4 is 16.5 Å². The van der Waals surface area contributed by atoms with Crippen LogP contribution in [0, 0.1) is 0 Å². The highest BCUT2D eigenvalue weighted by atomic mass is 32.1. The Labute approximate surface area is 125 Å². The third-order valence-corrected chi connectivity index (χ3v) is 5.64. The standard InChI is InChI=1S/C15H25N3OS/c1-4-11-9-19-10(2)8-18(11)15-17-14-12(16-3)6-5-7-13(14)20-15/h10-12,16H,4-9H2,1-3H3. The molecule has 0 amide bonds. The summed E-state index contributed by atoms with van der Waals surface area (Å²) in [7, 11) is 2.05. The topological polar surface area (TPSA) is 37.4 Å². The van der Waals surface area contributed by atoms with Crippen molar-refractivity contribution < 1.29 is 4.74 Å². The molecule has 1 aliphatic heterocycles. The SMILES string of the molecule is CCC1COC(C)CN1c1nc2c(s1)CCCC2NC. The Morgan fingerprint density at radius 1 is 1.50 bits per heavy atom. The molecule has 3 rings (SSSR count). The monoisotopic (exact) mass is 295 g/mol. The van der Waals surface area contributed by atoms with E-state index in [4.69, 9.17) is 9.72 Å². The van der Waals surface area contributed by atoms with Crippen LogP contribution in [-0.2, 0) is 11.2 Å². The van der Waals surface area contributed by atoms with E-state index in [1.54, 1.807) is 0 Å². The molecule has 112 valence electrons. The lowest BCUT2D eigenvalue weighted by Gasteiger charge is -2.38. The lowest BCUT2D eigenvalue weighted by Crippen LogP contribution is -2.48. The molecule has 2 aliphatic rings. The number of hydrogen-bond donors (Lipinski definition) is 1. The zero-order valence-corrected chi connectivity index (χ0v) is 13.5. The van der Waals surface area contributed by atoms with Gasteiger partial charge in [-0.25, -0.2) is 4.98 Å². The van der Waals surface area contributed by atoms with Gasteiger partial charge in [0.15, 0.2) is 5.13 Å². The number of nitrogens with one attached hydrogen (secondary N) is 1. The summed E-state index contributed by atoms with van der Waals surface area (Å²) >= 11 is 1.90. The fourth-order valence-electron chi connectivity index (χ4n) is 3.23. The van der Waals surface area contributed by atoms with Crippen LogP contribution in [0.15, 0.2) is 0 Å². The van der Waals surface area contributed by atoms with Gasteiger partial charge in [-0.1, -0.05) is 6.92 Å². The van der Waals surface area contributed by atoms with Crippen LogP contribution in [0.2, 0.25) is 0 Å². The van der Waals surface area contributed by atoms with Crippen molar-refractivity contribution in [3.8, 4) is 0 Å². The molecule has 0 bridgehead atoms. The Balaban J connectivity index is 1.87. The van der Waals surface area contributed by atoms with E-state index < -0.39 is 0 Å². The number of aryl methyl sites for hydroxylation is 1. The summed E-state index contributed by atoms with van der Waals surface area (Å²) in [5.74, 6) is 0.